The molecule has 2 fully saturated rings. The standard InChI is InChI=1S/C18H29N3O2.ClH/c1-3-12(4-2)16-10-14(23-21-16)11-19-18(22)17-9-13-7-5-6-8-15(13)20-17;/h10,12-13,15,17,20H,3-9,11H2,1-2H3,(H,19,22);1H. The summed E-state index contributed by atoms with van der Waals surface area (Å²) in [4.78, 5) is 12.4. The minimum atomic E-state index is -0.0375. The molecule has 1 amide bonds. The summed E-state index contributed by atoms with van der Waals surface area (Å²) in [6.07, 6.45) is 8.18. The lowest BCUT2D eigenvalue weighted by atomic mass is 9.85. The van der Waals surface area contributed by atoms with Crippen molar-refractivity contribution in [3.8, 4) is 0 Å². The molecule has 1 aromatic rings. The molecule has 2 aliphatic rings. The largest absolute Gasteiger partial charge is 0.359 e. The van der Waals surface area contributed by atoms with E-state index >= 15 is 0 Å². The molecule has 0 bridgehead atoms. The second-order valence-corrected chi connectivity index (χ2v) is 7.06. The van der Waals surface area contributed by atoms with Gasteiger partial charge in [-0.1, -0.05) is 31.8 Å². The molecule has 6 heteroatoms. The van der Waals surface area contributed by atoms with E-state index in [4.69, 9.17) is 4.52 Å². The molecule has 1 aliphatic heterocycles. The third kappa shape index (κ3) is 4.31. The Balaban J connectivity index is 0.00000208. The summed E-state index contributed by atoms with van der Waals surface area (Å²) in [5, 5.41) is 10.7. The lowest BCUT2D eigenvalue weighted by Gasteiger charge is -2.24. The van der Waals surface area contributed by atoms with Gasteiger partial charge >= 0.3 is 0 Å². The van der Waals surface area contributed by atoms with Crippen molar-refractivity contribution in [3.63, 3.8) is 0 Å². The quantitative estimate of drug-likeness (QED) is 0.819. The highest BCUT2D eigenvalue weighted by Crippen LogP contribution is 2.33. The van der Waals surface area contributed by atoms with Gasteiger partial charge < -0.3 is 15.2 Å². The number of hydrogen-bond donors (Lipinski definition) is 2. The van der Waals surface area contributed by atoms with Gasteiger partial charge in [0.1, 0.15) is 0 Å². The Morgan fingerprint density at radius 3 is 2.83 bits per heavy atom. The zero-order valence-electron chi connectivity index (χ0n) is 14.7. The van der Waals surface area contributed by atoms with Crippen molar-refractivity contribution in [1.29, 1.82) is 0 Å². The minimum absolute atomic E-state index is 0. The van der Waals surface area contributed by atoms with Gasteiger partial charge in [0.25, 0.3) is 0 Å². The number of halogens is 1. The summed E-state index contributed by atoms with van der Waals surface area (Å²) in [5.74, 6) is 1.98. The van der Waals surface area contributed by atoms with Crippen LogP contribution in [0.5, 0.6) is 0 Å². The smallest absolute Gasteiger partial charge is 0.237 e. The minimum Gasteiger partial charge on any atom is -0.359 e. The number of carbonyl (C=O) groups is 1. The van der Waals surface area contributed by atoms with Crippen LogP contribution in [0.25, 0.3) is 0 Å². The van der Waals surface area contributed by atoms with Crippen LogP contribution in [0.2, 0.25) is 0 Å². The number of hydrogen-bond acceptors (Lipinski definition) is 4. The summed E-state index contributed by atoms with van der Waals surface area (Å²) < 4.78 is 5.37. The maximum absolute atomic E-state index is 12.4. The fraction of sp³-hybridized carbons (Fsp3) is 0.778. The lowest BCUT2D eigenvalue weighted by molar-refractivity contribution is -0.123. The first kappa shape index (κ1) is 19.3. The van der Waals surface area contributed by atoms with Gasteiger partial charge in [-0.05, 0) is 38.0 Å². The molecule has 3 atom stereocenters. The van der Waals surface area contributed by atoms with Crippen LogP contribution in [0.3, 0.4) is 0 Å². The number of fused-ring (bicyclic) bond motifs is 1. The molecule has 1 saturated carbocycles. The molecule has 136 valence electrons. The van der Waals surface area contributed by atoms with E-state index in [1.54, 1.807) is 0 Å². The summed E-state index contributed by atoms with van der Waals surface area (Å²) in [7, 11) is 0. The molecular formula is C18H30ClN3O2. The molecule has 2 N–H and O–H groups in total. The molecule has 0 spiro atoms. The van der Waals surface area contributed by atoms with Gasteiger partial charge in [0, 0.05) is 18.0 Å². The zero-order valence-corrected chi connectivity index (χ0v) is 15.5. The Morgan fingerprint density at radius 2 is 2.12 bits per heavy atom. The van der Waals surface area contributed by atoms with Gasteiger partial charge in [-0.3, -0.25) is 4.79 Å². The first-order valence-corrected chi connectivity index (χ1v) is 9.20. The van der Waals surface area contributed by atoms with Crippen LogP contribution in [-0.4, -0.2) is 23.1 Å². The third-order valence-corrected chi connectivity index (χ3v) is 5.60. The summed E-state index contributed by atoms with van der Waals surface area (Å²) >= 11 is 0. The molecule has 24 heavy (non-hydrogen) atoms. The molecule has 1 aromatic heterocycles. The highest BCUT2D eigenvalue weighted by molar-refractivity contribution is 5.85. The van der Waals surface area contributed by atoms with Crippen LogP contribution in [0.1, 0.15) is 76.2 Å². The Bertz CT molecular complexity index is 516. The predicted molar refractivity (Wildman–Crippen MR) is 96.2 cm³/mol. The van der Waals surface area contributed by atoms with E-state index in [1.807, 2.05) is 6.07 Å². The molecule has 1 aliphatic carbocycles. The van der Waals surface area contributed by atoms with Crippen LogP contribution < -0.4 is 10.6 Å². The van der Waals surface area contributed by atoms with E-state index in [1.165, 1.54) is 25.7 Å². The number of carbonyl (C=O) groups excluding carboxylic acids is 1. The summed E-state index contributed by atoms with van der Waals surface area (Å²) in [6.45, 7) is 4.75. The van der Waals surface area contributed by atoms with Crippen LogP contribution in [0, 0.1) is 5.92 Å². The Kier molecular flexibility index (Phi) is 7.11. The number of nitrogens with one attached hydrogen (secondary N) is 2. The highest BCUT2D eigenvalue weighted by atomic mass is 35.5. The van der Waals surface area contributed by atoms with Crippen molar-refractivity contribution >= 4 is 18.3 Å². The maximum atomic E-state index is 12.4. The molecule has 3 rings (SSSR count). The van der Waals surface area contributed by atoms with Gasteiger partial charge in [-0.2, -0.15) is 0 Å². The number of rotatable bonds is 6. The molecule has 3 unspecified atom stereocenters. The average molecular weight is 356 g/mol. The highest BCUT2D eigenvalue weighted by Gasteiger charge is 2.38. The van der Waals surface area contributed by atoms with E-state index in [0.717, 1.165) is 30.7 Å². The van der Waals surface area contributed by atoms with Gasteiger partial charge in [0.15, 0.2) is 5.76 Å². The van der Waals surface area contributed by atoms with Crippen LogP contribution in [0.4, 0.5) is 0 Å². The van der Waals surface area contributed by atoms with E-state index in [9.17, 15) is 4.79 Å². The monoisotopic (exact) mass is 355 g/mol. The predicted octanol–water partition coefficient (Wildman–Crippen LogP) is 3.54. The van der Waals surface area contributed by atoms with Crippen molar-refractivity contribution in [2.24, 2.45) is 5.92 Å². The van der Waals surface area contributed by atoms with E-state index < -0.39 is 0 Å². The first-order chi connectivity index (χ1) is 11.2. The topological polar surface area (TPSA) is 67.2 Å². The van der Waals surface area contributed by atoms with Crippen molar-refractivity contribution < 1.29 is 9.32 Å². The normalized spacial score (nSPS) is 26.0. The molecular weight excluding hydrogens is 326 g/mol. The number of amides is 1. The first-order valence-electron chi connectivity index (χ1n) is 9.20. The SMILES string of the molecule is CCC(CC)c1cc(CNC(=O)C2CC3CCCCC3N2)on1.Cl. The molecule has 5 nitrogen and oxygen atoms in total. The van der Waals surface area contributed by atoms with Crippen molar-refractivity contribution in [2.75, 3.05) is 0 Å². The van der Waals surface area contributed by atoms with Gasteiger partial charge in [-0.15, -0.1) is 12.4 Å². The van der Waals surface area contributed by atoms with Gasteiger partial charge in [-0.25, -0.2) is 0 Å². The van der Waals surface area contributed by atoms with E-state index in [-0.39, 0.29) is 24.4 Å². The summed E-state index contributed by atoms with van der Waals surface area (Å²) in [5.41, 5.74) is 1.00. The van der Waals surface area contributed by atoms with E-state index in [2.05, 4.69) is 29.6 Å². The number of aromatic nitrogens is 1. The fourth-order valence-corrected chi connectivity index (χ4v) is 4.13. The molecule has 2 heterocycles. The Labute approximate surface area is 150 Å². The van der Waals surface area contributed by atoms with Crippen molar-refractivity contribution in [1.82, 2.24) is 15.8 Å². The molecule has 0 aromatic carbocycles. The Hall–Kier alpha value is -1.07. The number of nitrogens with zero attached hydrogens (tertiary/aromatic N) is 1. The molecule has 0 radical (unpaired) electrons. The summed E-state index contributed by atoms with van der Waals surface area (Å²) in [6, 6.07) is 2.50. The lowest BCUT2D eigenvalue weighted by Crippen LogP contribution is -2.42. The third-order valence-electron chi connectivity index (χ3n) is 5.60. The fourth-order valence-electron chi connectivity index (χ4n) is 4.13. The van der Waals surface area contributed by atoms with Crippen LogP contribution in [-0.2, 0) is 11.3 Å². The van der Waals surface area contributed by atoms with Crippen LogP contribution in [0.15, 0.2) is 10.6 Å². The average Bonchev–Trinajstić information content (AvgIpc) is 3.20. The van der Waals surface area contributed by atoms with Crippen molar-refractivity contribution in [3.05, 3.63) is 17.5 Å². The Morgan fingerprint density at radius 1 is 1.38 bits per heavy atom. The van der Waals surface area contributed by atoms with Gasteiger partial charge in [0.2, 0.25) is 5.91 Å². The van der Waals surface area contributed by atoms with Gasteiger partial charge in [0.05, 0.1) is 18.3 Å². The van der Waals surface area contributed by atoms with Crippen molar-refractivity contribution in [2.45, 2.75) is 83.3 Å². The van der Waals surface area contributed by atoms with E-state index in [0.29, 0.717) is 24.4 Å². The van der Waals surface area contributed by atoms with Crippen LogP contribution >= 0.6 is 12.4 Å². The second-order valence-electron chi connectivity index (χ2n) is 7.06. The second kappa shape index (κ2) is 8.86. The molecule has 1 saturated heterocycles. The zero-order chi connectivity index (χ0) is 16.2. The maximum Gasteiger partial charge on any atom is 0.237 e.